The predicted octanol–water partition coefficient (Wildman–Crippen LogP) is 2.28. The van der Waals surface area contributed by atoms with Gasteiger partial charge in [0.25, 0.3) is 0 Å². The molecule has 3 rings (SSSR count). The van der Waals surface area contributed by atoms with Crippen molar-refractivity contribution in [3.8, 4) is 11.6 Å². The first kappa shape index (κ1) is 15.5. The van der Waals surface area contributed by atoms with Crippen molar-refractivity contribution in [1.82, 2.24) is 14.5 Å². The van der Waals surface area contributed by atoms with Gasteiger partial charge >= 0.3 is 0 Å². The predicted molar refractivity (Wildman–Crippen MR) is 86.5 cm³/mol. The van der Waals surface area contributed by atoms with Gasteiger partial charge in [0.05, 0.1) is 30.5 Å². The van der Waals surface area contributed by atoms with Crippen molar-refractivity contribution in [2.24, 2.45) is 0 Å². The topological polar surface area (TPSA) is 80.4 Å². The van der Waals surface area contributed by atoms with Crippen LogP contribution in [0.5, 0.6) is 11.6 Å². The smallest absolute Gasteiger partial charge is 0.219 e. The minimum atomic E-state index is -1.21. The highest BCUT2D eigenvalue weighted by molar-refractivity contribution is 5.77. The Morgan fingerprint density at radius 1 is 1.22 bits per heavy atom. The fourth-order valence-corrected chi connectivity index (χ4v) is 2.28. The molecule has 0 aliphatic rings. The molecule has 0 fully saturated rings. The molecule has 0 aliphatic carbocycles. The molecule has 2 N–H and O–H groups in total. The summed E-state index contributed by atoms with van der Waals surface area (Å²) in [5.74, 6) is 1.16. The number of ether oxygens (including phenoxy) is 1. The van der Waals surface area contributed by atoms with Crippen molar-refractivity contribution in [3.63, 3.8) is 0 Å². The number of hydrogen-bond acceptors (Lipinski definition) is 5. The number of aromatic nitrogens is 3. The first-order chi connectivity index (χ1) is 11.0. The Morgan fingerprint density at radius 3 is 2.74 bits per heavy atom. The summed E-state index contributed by atoms with van der Waals surface area (Å²) >= 11 is 0. The largest absolute Gasteiger partial charge is 0.439 e. The van der Waals surface area contributed by atoms with Crippen LogP contribution in [-0.4, -0.2) is 37.0 Å². The van der Waals surface area contributed by atoms with Crippen LogP contribution in [0.2, 0.25) is 0 Å². The number of imidazole rings is 1. The molecule has 0 radical (unpaired) electrons. The van der Waals surface area contributed by atoms with E-state index < -0.39 is 5.60 Å². The van der Waals surface area contributed by atoms with Crippen molar-refractivity contribution >= 4 is 11.0 Å². The summed E-state index contributed by atoms with van der Waals surface area (Å²) in [5.41, 5.74) is 1.48. The molecular formula is C17H19N3O3. The van der Waals surface area contributed by atoms with E-state index in [-0.39, 0.29) is 13.2 Å². The number of fused-ring (bicyclic) bond motifs is 1. The molecule has 0 unspecified atom stereocenters. The van der Waals surface area contributed by atoms with E-state index in [1.807, 2.05) is 37.3 Å². The zero-order chi connectivity index (χ0) is 16.4. The molecule has 0 spiro atoms. The van der Waals surface area contributed by atoms with Crippen LogP contribution in [0.4, 0.5) is 0 Å². The number of pyridine rings is 1. The fraction of sp³-hybridized carbons (Fsp3) is 0.294. The second-order valence-corrected chi connectivity index (χ2v) is 5.95. The second kappa shape index (κ2) is 5.98. The van der Waals surface area contributed by atoms with E-state index in [1.165, 1.54) is 0 Å². The monoisotopic (exact) mass is 313 g/mol. The summed E-state index contributed by atoms with van der Waals surface area (Å²) in [5, 5.41) is 19.3. The van der Waals surface area contributed by atoms with Crippen LogP contribution in [0.15, 0.2) is 42.9 Å². The number of hydrogen-bond donors (Lipinski definition) is 2. The van der Waals surface area contributed by atoms with E-state index in [0.717, 1.165) is 16.6 Å². The Hall–Kier alpha value is -2.44. The molecule has 23 heavy (non-hydrogen) atoms. The molecule has 120 valence electrons. The van der Waals surface area contributed by atoms with Gasteiger partial charge in [-0.3, -0.25) is 0 Å². The van der Waals surface area contributed by atoms with E-state index >= 15 is 0 Å². The van der Waals surface area contributed by atoms with E-state index in [1.54, 1.807) is 24.0 Å². The number of aryl methyl sites for hydroxylation is 1. The van der Waals surface area contributed by atoms with Crippen molar-refractivity contribution < 1.29 is 14.9 Å². The Morgan fingerprint density at radius 2 is 2.04 bits per heavy atom. The Balaban J connectivity index is 1.89. The van der Waals surface area contributed by atoms with Gasteiger partial charge in [0, 0.05) is 18.3 Å². The van der Waals surface area contributed by atoms with Gasteiger partial charge in [-0.15, -0.1) is 0 Å². The molecule has 2 heterocycles. The van der Waals surface area contributed by atoms with Crippen LogP contribution in [0.25, 0.3) is 11.0 Å². The molecule has 0 saturated carbocycles. The van der Waals surface area contributed by atoms with E-state index in [0.29, 0.717) is 11.6 Å². The third kappa shape index (κ3) is 3.49. The highest BCUT2D eigenvalue weighted by Crippen LogP contribution is 2.25. The lowest BCUT2D eigenvalue weighted by molar-refractivity contribution is -0.0112. The van der Waals surface area contributed by atoms with E-state index in [2.05, 4.69) is 9.97 Å². The zero-order valence-corrected chi connectivity index (χ0v) is 13.1. The molecule has 3 aromatic rings. The van der Waals surface area contributed by atoms with Gasteiger partial charge in [-0.25, -0.2) is 9.97 Å². The van der Waals surface area contributed by atoms with Gasteiger partial charge in [-0.05, 0) is 31.5 Å². The van der Waals surface area contributed by atoms with Gasteiger partial charge in [0.2, 0.25) is 5.88 Å². The van der Waals surface area contributed by atoms with Crippen molar-refractivity contribution in [2.75, 3.05) is 6.61 Å². The van der Waals surface area contributed by atoms with Gasteiger partial charge in [0.15, 0.2) is 0 Å². The SMILES string of the molecule is Cc1ccc(Oc2ccc3ncn(C[C@@](C)(O)CO)c3c2)nc1. The summed E-state index contributed by atoms with van der Waals surface area (Å²) in [6.07, 6.45) is 3.39. The summed E-state index contributed by atoms with van der Waals surface area (Å²) in [6.45, 7) is 3.46. The quantitative estimate of drug-likeness (QED) is 0.755. The summed E-state index contributed by atoms with van der Waals surface area (Å²) in [7, 11) is 0. The Bertz CT molecular complexity index is 810. The van der Waals surface area contributed by atoms with Crippen LogP contribution < -0.4 is 4.74 Å². The van der Waals surface area contributed by atoms with Crippen LogP contribution in [-0.2, 0) is 6.54 Å². The zero-order valence-electron chi connectivity index (χ0n) is 13.1. The first-order valence-corrected chi connectivity index (χ1v) is 7.35. The number of rotatable bonds is 5. The maximum absolute atomic E-state index is 10.0. The Labute approximate surface area is 134 Å². The molecular weight excluding hydrogens is 294 g/mol. The van der Waals surface area contributed by atoms with Gasteiger partial charge in [0.1, 0.15) is 11.4 Å². The molecule has 0 bridgehead atoms. The van der Waals surface area contributed by atoms with Crippen LogP contribution in [0.1, 0.15) is 12.5 Å². The lowest BCUT2D eigenvalue weighted by atomic mass is 10.1. The number of nitrogens with zero attached hydrogens (tertiary/aromatic N) is 3. The van der Waals surface area contributed by atoms with Gasteiger partial charge in [-0.1, -0.05) is 6.07 Å². The van der Waals surface area contributed by atoms with E-state index in [9.17, 15) is 10.2 Å². The molecule has 0 saturated heterocycles. The maximum Gasteiger partial charge on any atom is 0.219 e. The second-order valence-electron chi connectivity index (χ2n) is 5.95. The van der Waals surface area contributed by atoms with E-state index in [4.69, 9.17) is 4.74 Å². The molecule has 1 aromatic carbocycles. The standard InChI is InChI=1S/C17H19N3O3/c1-12-3-6-16(18-8-12)23-13-4-5-14-15(7-13)20(11-19-14)9-17(2,22)10-21/h3-8,11,21-22H,9-10H2,1-2H3/t17-/m1/s1. The minimum absolute atomic E-state index is 0.242. The van der Waals surface area contributed by atoms with Crippen molar-refractivity contribution in [3.05, 3.63) is 48.4 Å². The normalized spacial score (nSPS) is 13.9. The van der Waals surface area contributed by atoms with Crippen molar-refractivity contribution in [1.29, 1.82) is 0 Å². The number of aliphatic hydroxyl groups excluding tert-OH is 1. The van der Waals surface area contributed by atoms with Crippen molar-refractivity contribution in [2.45, 2.75) is 26.0 Å². The first-order valence-electron chi connectivity index (χ1n) is 7.35. The maximum atomic E-state index is 10.0. The summed E-state index contributed by atoms with van der Waals surface area (Å²) < 4.78 is 7.55. The summed E-state index contributed by atoms with van der Waals surface area (Å²) in [6, 6.07) is 9.27. The van der Waals surface area contributed by atoms with Gasteiger partial charge < -0.3 is 19.5 Å². The third-order valence-electron chi connectivity index (χ3n) is 3.55. The molecule has 0 amide bonds. The third-order valence-corrected chi connectivity index (χ3v) is 3.55. The highest BCUT2D eigenvalue weighted by Gasteiger charge is 2.20. The number of aliphatic hydroxyl groups is 2. The molecule has 6 nitrogen and oxygen atoms in total. The molecule has 6 heteroatoms. The number of benzene rings is 1. The minimum Gasteiger partial charge on any atom is -0.439 e. The fourth-order valence-electron chi connectivity index (χ4n) is 2.28. The molecule has 1 atom stereocenters. The Kier molecular flexibility index (Phi) is 4.02. The average Bonchev–Trinajstić information content (AvgIpc) is 2.92. The van der Waals surface area contributed by atoms with Crippen LogP contribution in [0, 0.1) is 6.92 Å². The molecule has 0 aliphatic heterocycles. The summed E-state index contributed by atoms with van der Waals surface area (Å²) in [4.78, 5) is 8.51. The van der Waals surface area contributed by atoms with Crippen LogP contribution >= 0.6 is 0 Å². The highest BCUT2D eigenvalue weighted by atomic mass is 16.5. The van der Waals surface area contributed by atoms with Gasteiger partial charge in [-0.2, -0.15) is 0 Å². The lowest BCUT2D eigenvalue weighted by Crippen LogP contribution is -2.34. The lowest BCUT2D eigenvalue weighted by Gasteiger charge is -2.21. The molecule has 2 aromatic heterocycles. The van der Waals surface area contributed by atoms with Crippen LogP contribution in [0.3, 0.4) is 0 Å². The average molecular weight is 313 g/mol.